The Bertz CT molecular complexity index is 1240. The third-order valence-electron chi connectivity index (χ3n) is 6.20. The Morgan fingerprint density at radius 2 is 1.86 bits per heavy atom. The largest absolute Gasteiger partial charge is 0.351 e. The fourth-order valence-corrected chi connectivity index (χ4v) is 4.56. The maximum Gasteiger partial charge on any atom is 0.0529 e. The van der Waals surface area contributed by atoms with Gasteiger partial charge in [0.15, 0.2) is 0 Å². The molecule has 0 saturated heterocycles. The molecule has 28 heavy (non-hydrogen) atoms. The molecule has 3 nitrogen and oxygen atoms in total. The smallest absolute Gasteiger partial charge is 0.0529 e. The monoisotopic (exact) mass is 369 g/mol. The first-order valence-corrected chi connectivity index (χ1v) is 10.1. The highest BCUT2D eigenvalue weighted by atomic mass is 15.1. The molecular weight excluding hydrogens is 342 g/mol. The summed E-state index contributed by atoms with van der Waals surface area (Å²) in [7, 11) is 4.33. The van der Waals surface area contributed by atoms with E-state index in [1.807, 2.05) is 0 Å². The van der Waals surface area contributed by atoms with E-state index < -0.39 is 0 Å². The molecule has 1 aliphatic heterocycles. The molecule has 0 saturated carbocycles. The van der Waals surface area contributed by atoms with E-state index in [9.17, 15) is 0 Å². The second kappa shape index (κ2) is 6.39. The topological polar surface area (TPSA) is 13.1 Å². The van der Waals surface area contributed by atoms with Crippen LogP contribution in [-0.4, -0.2) is 27.6 Å². The highest BCUT2D eigenvalue weighted by molar-refractivity contribution is 5.91. The molecular formula is C25H27N3. The van der Waals surface area contributed by atoms with Crippen LogP contribution >= 0.6 is 0 Å². The lowest BCUT2D eigenvalue weighted by molar-refractivity contribution is 0.312. The van der Waals surface area contributed by atoms with Gasteiger partial charge in [0.25, 0.3) is 0 Å². The van der Waals surface area contributed by atoms with Gasteiger partial charge in [-0.25, -0.2) is 0 Å². The molecule has 0 N–H and O–H groups in total. The highest BCUT2D eigenvalue weighted by Crippen LogP contribution is 2.33. The number of aromatic nitrogens is 2. The van der Waals surface area contributed by atoms with E-state index in [-0.39, 0.29) is 0 Å². The minimum absolute atomic E-state index is 1.03. The van der Waals surface area contributed by atoms with Crippen molar-refractivity contribution < 1.29 is 0 Å². The zero-order valence-corrected chi connectivity index (χ0v) is 17.2. The van der Waals surface area contributed by atoms with E-state index >= 15 is 0 Å². The van der Waals surface area contributed by atoms with Gasteiger partial charge in [-0.1, -0.05) is 23.8 Å². The highest BCUT2D eigenvalue weighted by Gasteiger charge is 2.21. The van der Waals surface area contributed by atoms with Crippen molar-refractivity contribution in [2.45, 2.75) is 26.8 Å². The molecule has 0 unspecified atom stereocenters. The molecule has 2 aromatic carbocycles. The molecule has 0 atom stereocenters. The van der Waals surface area contributed by atoms with Crippen LogP contribution < -0.4 is 0 Å². The number of aryl methyl sites for hydroxylation is 2. The summed E-state index contributed by atoms with van der Waals surface area (Å²) in [4.78, 5) is 2.42. The molecule has 5 rings (SSSR count). The lowest BCUT2D eigenvalue weighted by Gasteiger charge is -2.23. The Balaban J connectivity index is 1.68. The van der Waals surface area contributed by atoms with Crippen LogP contribution in [0.3, 0.4) is 0 Å². The van der Waals surface area contributed by atoms with Gasteiger partial charge in [-0.05, 0) is 67.2 Å². The molecule has 0 spiro atoms. The molecule has 1 aliphatic rings. The molecule has 2 aromatic heterocycles. The Morgan fingerprint density at radius 3 is 2.71 bits per heavy atom. The van der Waals surface area contributed by atoms with Gasteiger partial charge < -0.3 is 14.0 Å². The lowest BCUT2D eigenvalue weighted by Crippen LogP contribution is -2.26. The average molecular weight is 370 g/mol. The molecule has 0 aliphatic carbocycles. The van der Waals surface area contributed by atoms with Crippen molar-refractivity contribution in [1.29, 1.82) is 0 Å². The number of nitrogens with zero attached hydrogens (tertiary/aromatic N) is 3. The molecule has 0 fully saturated rings. The van der Waals surface area contributed by atoms with Crippen LogP contribution in [0.15, 0.2) is 48.7 Å². The zero-order valence-electron chi connectivity index (χ0n) is 17.2. The Kier molecular flexibility index (Phi) is 3.95. The number of fused-ring (bicyclic) bond motifs is 4. The fourth-order valence-electron chi connectivity index (χ4n) is 4.56. The molecule has 4 aromatic rings. The predicted octanol–water partition coefficient (Wildman–Crippen LogP) is 5.45. The summed E-state index contributed by atoms with van der Waals surface area (Å²) >= 11 is 0. The number of hydrogen-bond acceptors (Lipinski definition) is 1. The van der Waals surface area contributed by atoms with Crippen molar-refractivity contribution in [3.8, 4) is 0 Å². The number of likely N-dealkylation sites (N-methyl/N-ethyl adjacent to an activating group) is 1. The Hall–Kier alpha value is -2.78. The third-order valence-corrected chi connectivity index (χ3v) is 6.20. The normalized spacial score (nSPS) is 15.5. The molecule has 3 heterocycles. The van der Waals surface area contributed by atoms with Crippen molar-refractivity contribution in [2.24, 2.45) is 7.05 Å². The average Bonchev–Trinajstić information content (AvgIpc) is 3.19. The van der Waals surface area contributed by atoms with Crippen molar-refractivity contribution >= 4 is 33.6 Å². The van der Waals surface area contributed by atoms with Crippen LogP contribution in [-0.2, 0) is 20.0 Å². The van der Waals surface area contributed by atoms with E-state index in [2.05, 4.69) is 96.8 Å². The fraction of sp³-hybridized carbons (Fsp3) is 0.280. The van der Waals surface area contributed by atoms with Crippen LogP contribution in [0.25, 0.3) is 33.6 Å². The van der Waals surface area contributed by atoms with E-state index in [0.29, 0.717) is 0 Å². The number of benzene rings is 2. The lowest BCUT2D eigenvalue weighted by atomic mass is 10.0. The van der Waals surface area contributed by atoms with Gasteiger partial charge in [0.2, 0.25) is 0 Å². The molecule has 0 radical (unpaired) electrons. The number of hydrogen-bond donors (Lipinski definition) is 0. The van der Waals surface area contributed by atoms with Crippen LogP contribution in [0.5, 0.6) is 0 Å². The number of allylic oxidation sites excluding steroid dienone is 1. The Labute approximate surface area is 166 Å². The first kappa shape index (κ1) is 17.3. The van der Waals surface area contributed by atoms with Gasteiger partial charge in [-0.3, -0.25) is 0 Å². The maximum atomic E-state index is 2.45. The van der Waals surface area contributed by atoms with Crippen LogP contribution in [0, 0.1) is 6.92 Å². The second-order valence-corrected chi connectivity index (χ2v) is 8.32. The second-order valence-electron chi connectivity index (χ2n) is 8.32. The van der Waals surface area contributed by atoms with Crippen LogP contribution in [0.2, 0.25) is 0 Å². The summed E-state index contributed by atoms with van der Waals surface area (Å²) in [5, 5.41) is 2.70. The van der Waals surface area contributed by atoms with Gasteiger partial charge in [-0.2, -0.15) is 0 Å². The first-order chi connectivity index (χ1) is 13.5. The van der Waals surface area contributed by atoms with Crippen molar-refractivity contribution in [3.05, 3.63) is 71.0 Å². The zero-order chi connectivity index (χ0) is 19.4. The summed E-state index contributed by atoms with van der Waals surface area (Å²) in [6.45, 7) is 6.56. The van der Waals surface area contributed by atoms with Crippen LogP contribution in [0.1, 0.15) is 29.3 Å². The van der Waals surface area contributed by atoms with Gasteiger partial charge in [0, 0.05) is 55.6 Å². The third kappa shape index (κ3) is 2.70. The predicted molar refractivity (Wildman–Crippen MR) is 119 cm³/mol. The summed E-state index contributed by atoms with van der Waals surface area (Å²) in [6.07, 6.45) is 5.56. The summed E-state index contributed by atoms with van der Waals surface area (Å²) in [5.74, 6) is 0. The van der Waals surface area contributed by atoms with E-state index in [1.165, 1.54) is 49.8 Å². The summed E-state index contributed by atoms with van der Waals surface area (Å²) in [5.41, 5.74) is 9.47. The maximum absolute atomic E-state index is 2.45. The van der Waals surface area contributed by atoms with Gasteiger partial charge in [-0.15, -0.1) is 0 Å². The summed E-state index contributed by atoms with van der Waals surface area (Å²) in [6, 6.07) is 15.8. The van der Waals surface area contributed by atoms with Crippen molar-refractivity contribution in [3.63, 3.8) is 0 Å². The molecule has 0 amide bonds. The quantitative estimate of drug-likeness (QED) is 0.458. The molecule has 142 valence electrons. The molecule has 3 heteroatoms. The van der Waals surface area contributed by atoms with E-state index in [4.69, 9.17) is 0 Å². The van der Waals surface area contributed by atoms with Crippen LogP contribution in [0.4, 0.5) is 0 Å². The molecule has 0 bridgehead atoms. The standard InChI is InChI=1S/C25H27N3/c1-17-5-8-23-21(13-17)22-16-26(3)11-10-24(22)28(23)15-18(2)20-7-6-19-9-12-27(4)25(19)14-20/h5-9,12-15H,10-11,16H2,1-4H3. The van der Waals surface area contributed by atoms with Gasteiger partial charge in [0.1, 0.15) is 0 Å². The minimum atomic E-state index is 1.03. The van der Waals surface area contributed by atoms with Crippen molar-refractivity contribution in [2.75, 3.05) is 13.6 Å². The SMILES string of the molecule is CC(=Cn1c2c(c3cc(C)ccc31)CN(C)CC2)c1ccc2ccn(C)c2c1. The minimum Gasteiger partial charge on any atom is -0.351 e. The number of rotatable bonds is 2. The summed E-state index contributed by atoms with van der Waals surface area (Å²) < 4.78 is 4.64. The van der Waals surface area contributed by atoms with Gasteiger partial charge in [0.05, 0.1) is 5.52 Å². The van der Waals surface area contributed by atoms with Gasteiger partial charge >= 0.3 is 0 Å². The van der Waals surface area contributed by atoms with E-state index in [1.54, 1.807) is 0 Å². The Morgan fingerprint density at radius 1 is 1.00 bits per heavy atom. The van der Waals surface area contributed by atoms with E-state index in [0.717, 1.165) is 19.5 Å². The first-order valence-electron chi connectivity index (χ1n) is 10.1. The van der Waals surface area contributed by atoms with Crippen molar-refractivity contribution in [1.82, 2.24) is 14.0 Å².